The first kappa shape index (κ1) is 23.7. The van der Waals surface area contributed by atoms with Crippen LogP contribution in [0.1, 0.15) is 26.7 Å². The third-order valence-electron chi connectivity index (χ3n) is 4.49. The van der Waals surface area contributed by atoms with E-state index in [1.807, 2.05) is 13.8 Å². The summed E-state index contributed by atoms with van der Waals surface area (Å²) in [5, 5.41) is 4.95. The Labute approximate surface area is 182 Å². The molecule has 0 bridgehead atoms. The molecule has 3 heterocycles. The van der Waals surface area contributed by atoms with E-state index < -0.39 is 18.4 Å². The van der Waals surface area contributed by atoms with Gasteiger partial charge in [0.2, 0.25) is 5.88 Å². The first-order chi connectivity index (χ1) is 15.4. The highest BCUT2D eigenvalue weighted by atomic mass is 19.4. The van der Waals surface area contributed by atoms with Gasteiger partial charge in [0.05, 0.1) is 37.6 Å². The van der Waals surface area contributed by atoms with Crippen molar-refractivity contribution in [1.29, 1.82) is 0 Å². The Morgan fingerprint density at radius 1 is 1.16 bits per heavy atom. The molecule has 4 rings (SSSR count). The van der Waals surface area contributed by atoms with Gasteiger partial charge in [-0.3, -0.25) is 4.68 Å². The highest BCUT2D eigenvalue weighted by molar-refractivity contribution is 5.89. The Morgan fingerprint density at radius 3 is 2.50 bits per heavy atom. The summed E-state index contributed by atoms with van der Waals surface area (Å²) in [5.74, 6) is 0.214. The molecule has 174 valence electrons. The van der Waals surface area contributed by atoms with Crippen LogP contribution in [0.4, 0.5) is 17.6 Å². The monoisotopic (exact) mass is 456 g/mol. The lowest BCUT2D eigenvalue weighted by Crippen LogP contribution is -2.32. The number of para-hydroxylation sites is 1. The molecule has 0 spiro atoms. The number of nitrogens with zero attached hydrogens (tertiary/aromatic N) is 4. The van der Waals surface area contributed by atoms with Gasteiger partial charge in [-0.2, -0.15) is 13.2 Å². The van der Waals surface area contributed by atoms with Crippen molar-refractivity contribution in [2.24, 2.45) is 5.92 Å². The Kier molecular flexibility index (Phi) is 7.84. The predicted molar refractivity (Wildman–Crippen MR) is 108 cm³/mol. The molecule has 1 saturated heterocycles. The summed E-state index contributed by atoms with van der Waals surface area (Å²) in [6, 6.07) is 4.96. The lowest BCUT2D eigenvalue weighted by Gasteiger charge is -2.25. The summed E-state index contributed by atoms with van der Waals surface area (Å²) in [6.07, 6.45) is -3.43. The molecular weight excluding hydrogens is 432 g/mol. The Balaban J connectivity index is 0.00000141. The van der Waals surface area contributed by atoms with E-state index in [9.17, 15) is 17.6 Å². The number of aromatic nitrogens is 4. The van der Waals surface area contributed by atoms with Crippen molar-refractivity contribution in [3.05, 3.63) is 36.4 Å². The number of halogens is 4. The zero-order chi connectivity index (χ0) is 23.1. The van der Waals surface area contributed by atoms with Gasteiger partial charge in [-0.1, -0.05) is 19.9 Å². The molecule has 0 N–H and O–H groups in total. The van der Waals surface area contributed by atoms with Crippen molar-refractivity contribution in [1.82, 2.24) is 19.7 Å². The van der Waals surface area contributed by atoms with Crippen molar-refractivity contribution in [2.45, 2.75) is 39.4 Å². The average molecular weight is 456 g/mol. The maximum Gasteiger partial charge on any atom is 0.389 e. The van der Waals surface area contributed by atoms with E-state index in [0.717, 1.165) is 12.4 Å². The zero-order valence-electron chi connectivity index (χ0n) is 17.7. The molecular formula is C21H24F4N4O3. The second-order valence-corrected chi connectivity index (χ2v) is 6.90. The first-order valence-corrected chi connectivity index (χ1v) is 10.3. The van der Waals surface area contributed by atoms with E-state index in [1.165, 1.54) is 4.68 Å². The molecule has 1 aliphatic heterocycles. The summed E-state index contributed by atoms with van der Waals surface area (Å²) in [4.78, 5) is 7.52. The van der Waals surface area contributed by atoms with Crippen LogP contribution in [0.3, 0.4) is 0 Å². The van der Waals surface area contributed by atoms with Crippen LogP contribution in [0.15, 0.2) is 30.6 Å². The van der Waals surface area contributed by atoms with Gasteiger partial charge in [-0.05, 0) is 18.6 Å². The van der Waals surface area contributed by atoms with Gasteiger partial charge < -0.3 is 14.2 Å². The van der Waals surface area contributed by atoms with Crippen LogP contribution in [-0.2, 0) is 11.3 Å². The highest BCUT2D eigenvalue weighted by Gasteiger charge is 2.27. The van der Waals surface area contributed by atoms with E-state index in [0.29, 0.717) is 36.6 Å². The standard InChI is InChI=1S/C19H18F4N4O3.C2H6/c20-13-7-24-18(25-8-13)30-15-4-1-3-14-16(15)27(6-2-5-19(21,22)23)26-17(14)29-11-12-9-28-10-12;1-2/h1,3-4,7-8,12H,2,5-6,9-11H2;1-2H3. The molecule has 7 nitrogen and oxygen atoms in total. The van der Waals surface area contributed by atoms with Crippen molar-refractivity contribution < 1.29 is 31.8 Å². The van der Waals surface area contributed by atoms with Crippen LogP contribution >= 0.6 is 0 Å². The topological polar surface area (TPSA) is 71.3 Å². The molecule has 2 aromatic heterocycles. The number of benzene rings is 1. The molecule has 32 heavy (non-hydrogen) atoms. The largest absolute Gasteiger partial charge is 0.476 e. The molecule has 0 amide bonds. The smallest absolute Gasteiger partial charge is 0.389 e. The molecule has 3 aromatic rings. The Bertz CT molecular complexity index is 1000. The normalized spacial score (nSPS) is 13.9. The number of aryl methyl sites for hydroxylation is 1. The number of hydrogen-bond acceptors (Lipinski definition) is 6. The second kappa shape index (κ2) is 10.6. The summed E-state index contributed by atoms with van der Waals surface area (Å²) in [6.45, 7) is 5.60. The minimum Gasteiger partial charge on any atom is -0.476 e. The fourth-order valence-electron chi connectivity index (χ4n) is 2.98. The fourth-order valence-corrected chi connectivity index (χ4v) is 2.98. The van der Waals surface area contributed by atoms with Crippen LogP contribution in [0, 0.1) is 11.7 Å². The third-order valence-corrected chi connectivity index (χ3v) is 4.49. The molecule has 11 heteroatoms. The van der Waals surface area contributed by atoms with Gasteiger partial charge in [0.25, 0.3) is 0 Å². The van der Waals surface area contributed by atoms with E-state index >= 15 is 0 Å². The first-order valence-electron chi connectivity index (χ1n) is 10.3. The number of ether oxygens (including phenoxy) is 3. The minimum absolute atomic E-state index is 0.0105. The van der Waals surface area contributed by atoms with Crippen LogP contribution in [0.5, 0.6) is 17.6 Å². The lowest BCUT2D eigenvalue weighted by atomic mass is 10.1. The van der Waals surface area contributed by atoms with Gasteiger partial charge in [0, 0.05) is 18.9 Å². The Morgan fingerprint density at radius 2 is 1.88 bits per heavy atom. The summed E-state index contributed by atoms with van der Waals surface area (Å²) >= 11 is 0. The fraction of sp³-hybridized carbons (Fsp3) is 0.476. The highest BCUT2D eigenvalue weighted by Crippen LogP contribution is 2.35. The zero-order valence-corrected chi connectivity index (χ0v) is 17.7. The maximum absolute atomic E-state index is 13.1. The van der Waals surface area contributed by atoms with Crippen molar-refractivity contribution in [3.8, 4) is 17.6 Å². The average Bonchev–Trinajstić information content (AvgIpc) is 3.08. The summed E-state index contributed by atoms with van der Waals surface area (Å²) in [5.41, 5.74) is 0.451. The summed E-state index contributed by atoms with van der Waals surface area (Å²) < 4.78 is 68.8. The van der Waals surface area contributed by atoms with Gasteiger partial charge in [0.1, 0.15) is 5.52 Å². The molecule has 0 radical (unpaired) electrons. The van der Waals surface area contributed by atoms with Crippen LogP contribution in [-0.4, -0.2) is 45.7 Å². The van der Waals surface area contributed by atoms with Crippen molar-refractivity contribution in [3.63, 3.8) is 0 Å². The van der Waals surface area contributed by atoms with Crippen LogP contribution < -0.4 is 9.47 Å². The summed E-state index contributed by atoms with van der Waals surface area (Å²) in [7, 11) is 0. The number of alkyl halides is 3. The van der Waals surface area contributed by atoms with Gasteiger partial charge in [0.15, 0.2) is 11.6 Å². The molecule has 1 aliphatic rings. The molecule has 0 aliphatic carbocycles. The van der Waals surface area contributed by atoms with E-state index in [1.54, 1.807) is 18.2 Å². The maximum atomic E-state index is 13.1. The van der Waals surface area contributed by atoms with E-state index in [-0.39, 0.29) is 30.6 Å². The third kappa shape index (κ3) is 6.06. The van der Waals surface area contributed by atoms with Gasteiger partial charge >= 0.3 is 12.2 Å². The number of hydrogen-bond donors (Lipinski definition) is 0. The number of rotatable bonds is 8. The molecule has 0 atom stereocenters. The molecule has 1 aromatic carbocycles. The van der Waals surface area contributed by atoms with Crippen molar-refractivity contribution >= 4 is 10.9 Å². The van der Waals surface area contributed by atoms with Crippen LogP contribution in [0.25, 0.3) is 10.9 Å². The Hall–Kier alpha value is -2.95. The van der Waals surface area contributed by atoms with E-state index in [2.05, 4.69) is 15.1 Å². The quantitative estimate of drug-likeness (QED) is 0.437. The lowest BCUT2D eigenvalue weighted by molar-refractivity contribution is -0.135. The van der Waals surface area contributed by atoms with Gasteiger partial charge in [-0.15, -0.1) is 5.10 Å². The van der Waals surface area contributed by atoms with Crippen molar-refractivity contribution in [2.75, 3.05) is 19.8 Å². The van der Waals surface area contributed by atoms with Gasteiger partial charge in [-0.25, -0.2) is 14.4 Å². The molecule has 1 fully saturated rings. The SMILES string of the molecule is CC.Fc1cnc(Oc2cccc3c(OCC4COC4)nn(CCCC(F)(F)F)c23)nc1. The minimum atomic E-state index is -4.26. The van der Waals surface area contributed by atoms with Crippen LogP contribution in [0.2, 0.25) is 0 Å². The molecule has 0 saturated carbocycles. The predicted octanol–water partition coefficient (Wildman–Crippen LogP) is 5.15. The van der Waals surface area contributed by atoms with E-state index in [4.69, 9.17) is 14.2 Å². The molecule has 0 unspecified atom stereocenters. The second-order valence-electron chi connectivity index (χ2n) is 6.90. The number of fused-ring (bicyclic) bond motifs is 1.